The summed E-state index contributed by atoms with van der Waals surface area (Å²) < 4.78 is 13.2. The first-order chi connectivity index (χ1) is 22.2. The minimum absolute atomic E-state index is 0.825. The number of nitrogens with zero attached hydrogens (tertiary/aromatic N) is 2. The van der Waals surface area contributed by atoms with Crippen LogP contribution in [0.5, 0.6) is 0 Å². The van der Waals surface area contributed by atoms with E-state index in [0.29, 0.717) is 0 Å². The van der Waals surface area contributed by atoms with Crippen LogP contribution in [0.1, 0.15) is 5.56 Å². The molecule has 0 radical (unpaired) electrons. The van der Waals surface area contributed by atoms with Crippen LogP contribution in [0, 0.1) is 6.92 Å². The van der Waals surface area contributed by atoms with Gasteiger partial charge in [0.2, 0.25) is 0 Å². The van der Waals surface area contributed by atoms with Gasteiger partial charge in [0.05, 0.1) is 22.9 Å². The Morgan fingerprint density at radius 3 is 1.96 bits per heavy atom. The summed E-state index contributed by atoms with van der Waals surface area (Å²) in [6.45, 7) is 2.09. The van der Waals surface area contributed by atoms with Crippen molar-refractivity contribution in [3.63, 3.8) is 0 Å². The second-order valence-corrected chi connectivity index (χ2v) is 11.8. The van der Waals surface area contributed by atoms with Gasteiger partial charge in [-0.2, -0.15) is 0 Å². The van der Waals surface area contributed by atoms with Crippen LogP contribution in [-0.4, -0.2) is 9.97 Å². The lowest BCUT2D eigenvalue weighted by atomic mass is 9.94. The van der Waals surface area contributed by atoms with Gasteiger partial charge in [0, 0.05) is 43.4 Å². The highest BCUT2D eigenvalue weighted by Gasteiger charge is 2.22. The Labute approximate surface area is 257 Å². The molecule has 0 aliphatic carbocycles. The average molecular weight is 577 g/mol. The van der Waals surface area contributed by atoms with Crippen molar-refractivity contribution in [3.05, 3.63) is 133 Å². The summed E-state index contributed by atoms with van der Waals surface area (Å²) in [5.74, 6) is 0. The zero-order valence-corrected chi connectivity index (χ0v) is 24.3. The quantitative estimate of drug-likeness (QED) is 0.192. The van der Waals surface area contributed by atoms with E-state index in [1.807, 2.05) is 18.3 Å². The molecule has 10 rings (SSSR count). The minimum Gasteiger partial charge on any atom is -0.456 e. The predicted molar refractivity (Wildman–Crippen MR) is 185 cm³/mol. The van der Waals surface area contributed by atoms with Crippen LogP contribution < -0.4 is 0 Å². The Kier molecular flexibility index (Phi) is 4.89. The third-order valence-electron chi connectivity index (χ3n) is 9.20. The molecule has 0 fully saturated rings. The summed E-state index contributed by atoms with van der Waals surface area (Å²) in [7, 11) is 0. The molecule has 0 saturated carbocycles. The topological polar surface area (TPSA) is 52.1 Å². The van der Waals surface area contributed by atoms with Crippen LogP contribution in [0.3, 0.4) is 0 Å². The molecule has 4 heteroatoms. The third kappa shape index (κ3) is 3.42. The molecule has 210 valence electrons. The first kappa shape index (κ1) is 24.4. The van der Waals surface area contributed by atoms with Crippen LogP contribution in [-0.2, 0) is 0 Å². The number of fused-ring (bicyclic) bond motifs is 12. The number of rotatable bonds is 2. The summed E-state index contributed by atoms with van der Waals surface area (Å²) >= 11 is 0. The second-order valence-electron chi connectivity index (χ2n) is 11.8. The fraction of sp³-hybridized carbons (Fsp3) is 0.0244. The lowest BCUT2D eigenvalue weighted by Crippen LogP contribution is -1.92. The van der Waals surface area contributed by atoms with Crippen molar-refractivity contribution in [1.29, 1.82) is 0 Å². The van der Waals surface area contributed by atoms with Crippen molar-refractivity contribution < 1.29 is 8.83 Å². The molecule has 0 amide bonds. The summed E-state index contributed by atoms with van der Waals surface area (Å²) in [5.41, 5.74) is 10.3. The van der Waals surface area contributed by atoms with E-state index in [0.717, 1.165) is 93.6 Å². The number of hydrogen-bond donors (Lipinski definition) is 0. The largest absolute Gasteiger partial charge is 0.456 e. The molecular weight excluding hydrogens is 552 g/mol. The maximum Gasteiger partial charge on any atom is 0.144 e. The van der Waals surface area contributed by atoms with Gasteiger partial charge in [-0.25, -0.2) is 4.98 Å². The lowest BCUT2D eigenvalue weighted by Gasteiger charge is -2.11. The van der Waals surface area contributed by atoms with Crippen LogP contribution in [0.4, 0.5) is 0 Å². The van der Waals surface area contributed by atoms with E-state index >= 15 is 0 Å². The van der Waals surface area contributed by atoms with Gasteiger partial charge in [0.15, 0.2) is 0 Å². The average Bonchev–Trinajstić information content (AvgIpc) is 3.66. The molecular formula is C41H24N2O2. The van der Waals surface area contributed by atoms with Crippen LogP contribution in [0.25, 0.3) is 98.8 Å². The predicted octanol–water partition coefficient (Wildman–Crippen LogP) is 11.4. The molecule has 45 heavy (non-hydrogen) atoms. The van der Waals surface area contributed by atoms with Crippen molar-refractivity contribution in [2.45, 2.75) is 6.92 Å². The molecule has 0 saturated heterocycles. The molecule has 7 aromatic carbocycles. The van der Waals surface area contributed by atoms with Gasteiger partial charge < -0.3 is 8.83 Å². The summed E-state index contributed by atoms with van der Waals surface area (Å²) in [6, 6.07) is 42.1. The maximum absolute atomic E-state index is 6.62. The van der Waals surface area contributed by atoms with Gasteiger partial charge in [-0.15, -0.1) is 0 Å². The lowest BCUT2D eigenvalue weighted by molar-refractivity contribution is 0.663. The molecule has 0 N–H and O–H groups in total. The first-order valence-corrected chi connectivity index (χ1v) is 15.2. The molecule has 3 aromatic heterocycles. The Bertz CT molecular complexity index is 2800. The van der Waals surface area contributed by atoms with Gasteiger partial charge in [0.25, 0.3) is 0 Å². The van der Waals surface area contributed by atoms with Gasteiger partial charge in [0.1, 0.15) is 22.3 Å². The standard InChI is InChI=1S/C41H24N2O2/c1-23-10-8-18-31-37-35(45-40(23)31)21-32-28-15-6-7-19-34(28)44-41(32)36(37)25-12-9-11-24(20-25)33-22-42-38-29-16-4-2-13-26(29)27-14-3-5-17-30(27)39(38)43-33/h2-22H,1H3. The minimum atomic E-state index is 0.825. The Morgan fingerprint density at radius 2 is 1.13 bits per heavy atom. The summed E-state index contributed by atoms with van der Waals surface area (Å²) in [5, 5.41) is 8.83. The Balaban J connectivity index is 1.27. The molecule has 0 aliphatic heterocycles. The zero-order chi connectivity index (χ0) is 29.6. The van der Waals surface area contributed by atoms with E-state index in [4.69, 9.17) is 18.8 Å². The highest BCUT2D eigenvalue weighted by Crippen LogP contribution is 2.46. The van der Waals surface area contributed by atoms with Gasteiger partial charge >= 0.3 is 0 Å². The van der Waals surface area contributed by atoms with Crippen molar-refractivity contribution >= 4 is 76.5 Å². The molecule has 0 atom stereocenters. The summed E-state index contributed by atoms with van der Waals surface area (Å²) in [6.07, 6.45) is 1.90. The maximum atomic E-state index is 6.62. The number of para-hydroxylation sites is 2. The molecule has 4 nitrogen and oxygen atoms in total. The fourth-order valence-electron chi connectivity index (χ4n) is 7.15. The van der Waals surface area contributed by atoms with Gasteiger partial charge in [-0.05, 0) is 47.0 Å². The van der Waals surface area contributed by atoms with Gasteiger partial charge in [-0.3, -0.25) is 4.98 Å². The van der Waals surface area contributed by atoms with Gasteiger partial charge in [-0.1, -0.05) is 103 Å². The van der Waals surface area contributed by atoms with Crippen molar-refractivity contribution in [2.75, 3.05) is 0 Å². The SMILES string of the molecule is Cc1cccc2c1oc1cc3c(oc4ccccc43)c(-c3cccc(-c4cnc5c6ccccc6c6ccccc6c5n4)c3)c12. The van der Waals surface area contributed by atoms with E-state index in [2.05, 4.69) is 116 Å². The van der Waals surface area contributed by atoms with Crippen LogP contribution >= 0.6 is 0 Å². The van der Waals surface area contributed by atoms with Crippen molar-refractivity contribution in [3.8, 4) is 22.4 Å². The fourth-order valence-corrected chi connectivity index (χ4v) is 7.15. The van der Waals surface area contributed by atoms with Crippen molar-refractivity contribution in [1.82, 2.24) is 9.97 Å². The molecule has 10 aromatic rings. The van der Waals surface area contributed by atoms with E-state index in [-0.39, 0.29) is 0 Å². The van der Waals surface area contributed by atoms with E-state index in [1.165, 1.54) is 10.8 Å². The molecule has 0 spiro atoms. The van der Waals surface area contributed by atoms with E-state index < -0.39 is 0 Å². The number of benzene rings is 7. The smallest absolute Gasteiger partial charge is 0.144 e. The van der Waals surface area contributed by atoms with E-state index in [1.54, 1.807) is 0 Å². The number of aryl methyl sites for hydroxylation is 1. The van der Waals surface area contributed by atoms with Crippen molar-refractivity contribution in [2.24, 2.45) is 0 Å². The number of hydrogen-bond acceptors (Lipinski definition) is 4. The number of aromatic nitrogens is 2. The molecule has 0 bridgehead atoms. The second kappa shape index (κ2) is 9.01. The molecule has 3 heterocycles. The highest BCUT2D eigenvalue weighted by atomic mass is 16.3. The van der Waals surface area contributed by atoms with Crippen LogP contribution in [0.2, 0.25) is 0 Å². The highest BCUT2D eigenvalue weighted by molar-refractivity contribution is 6.25. The normalized spacial score (nSPS) is 12.1. The van der Waals surface area contributed by atoms with Crippen LogP contribution in [0.15, 0.2) is 136 Å². The first-order valence-electron chi connectivity index (χ1n) is 15.2. The molecule has 0 aliphatic rings. The molecule has 0 unspecified atom stereocenters. The monoisotopic (exact) mass is 576 g/mol. The summed E-state index contributed by atoms with van der Waals surface area (Å²) in [4.78, 5) is 10.3. The Morgan fingerprint density at radius 1 is 0.489 bits per heavy atom. The third-order valence-corrected chi connectivity index (χ3v) is 9.20. The Hall–Kier alpha value is -6.00. The zero-order valence-electron chi connectivity index (χ0n) is 24.3. The number of furan rings is 2. The van der Waals surface area contributed by atoms with E-state index in [9.17, 15) is 0 Å².